The Morgan fingerprint density at radius 2 is 0.845 bits per heavy atom. The maximum absolute atomic E-state index is 7.53. The molecule has 0 N–H and O–H groups in total. The summed E-state index contributed by atoms with van der Waals surface area (Å²) in [5, 5.41) is 5.20. The van der Waals surface area contributed by atoms with Crippen LogP contribution in [-0.4, -0.2) is 22.6 Å². The van der Waals surface area contributed by atoms with Gasteiger partial charge < -0.3 is 18.8 Å². The van der Waals surface area contributed by atoms with Gasteiger partial charge in [0.1, 0.15) is 11.5 Å². The fourth-order valence-corrected chi connectivity index (χ4v) is 13.4. The van der Waals surface area contributed by atoms with Crippen LogP contribution >= 0.6 is 0 Å². The van der Waals surface area contributed by atoms with E-state index in [9.17, 15) is 0 Å². The van der Waals surface area contributed by atoms with Crippen LogP contribution in [0.2, 0.25) is 0 Å². The smallest absolute Gasteiger partial charge is 0.256 e. The van der Waals surface area contributed by atoms with Gasteiger partial charge in [-0.15, -0.1) is 0 Å². The number of anilines is 3. The highest BCUT2D eigenvalue weighted by molar-refractivity contribution is 7.02. The van der Waals surface area contributed by atoms with Crippen LogP contribution in [0, 0.1) is 34.6 Å². The van der Waals surface area contributed by atoms with Crippen molar-refractivity contribution in [1.29, 1.82) is 0 Å². The van der Waals surface area contributed by atoms with Gasteiger partial charge in [-0.25, -0.2) is 0 Å². The molecule has 0 amide bonds. The summed E-state index contributed by atoms with van der Waals surface area (Å²) in [6.45, 7) is 11.0. The van der Waals surface area contributed by atoms with Crippen molar-refractivity contribution in [2.45, 2.75) is 34.6 Å². The van der Waals surface area contributed by atoms with E-state index in [0.29, 0.717) is 0 Å². The number of benzene rings is 10. The molecular weight excluding hydrogens is 860 g/mol. The second-order valence-electron chi connectivity index (χ2n) is 20.9. The minimum atomic E-state index is -0.0659. The highest BCUT2D eigenvalue weighted by Gasteiger charge is 2.47. The molecule has 0 atom stereocenters. The van der Waals surface area contributed by atoms with Crippen molar-refractivity contribution >= 4 is 107 Å². The topological polar surface area (TPSA) is 22.3 Å². The second kappa shape index (κ2) is 13.9. The zero-order valence-electron chi connectivity index (χ0n) is 40.2. The largest absolute Gasteiger partial charge is 0.458 e. The van der Waals surface area contributed by atoms with Crippen molar-refractivity contribution in [3.63, 3.8) is 0 Å². The summed E-state index contributed by atoms with van der Waals surface area (Å²) in [6, 6.07) is 69.2. The third kappa shape index (κ3) is 5.26. The molecule has 12 aromatic rings. The Morgan fingerprint density at radius 3 is 1.44 bits per heavy atom. The summed E-state index contributed by atoms with van der Waals surface area (Å²) in [6.07, 6.45) is 0. The second-order valence-corrected chi connectivity index (χ2v) is 20.9. The fraction of sp³-hybridized carbons (Fsp3) is 0.0769. The number of ether oxygens (including phenoxy) is 1. The molecule has 332 valence electrons. The maximum Gasteiger partial charge on any atom is 0.256 e. The zero-order chi connectivity index (χ0) is 47.1. The van der Waals surface area contributed by atoms with Crippen molar-refractivity contribution in [2.24, 2.45) is 0 Å². The van der Waals surface area contributed by atoms with Crippen LogP contribution in [0.3, 0.4) is 0 Å². The summed E-state index contributed by atoms with van der Waals surface area (Å²) < 4.78 is 12.7. The van der Waals surface area contributed by atoms with Gasteiger partial charge in [-0.3, -0.25) is 0 Å². The molecule has 4 aliphatic rings. The van der Waals surface area contributed by atoms with E-state index in [1.807, 2.05) is 0 Å². The molecule has 0 unspecified atom stereocenters. The quantitative estimate of drug-likeness (QED) is 0.165. The van der Waals surface area contributed by atoms with Crippen LogP contribution < -0.4 is 42.4 Å². The van der Waals surface area contributed by atoms with Gasteiger partial charge in [-0.05, 0) is 162 Å². The highest BCUT2D eigenvalue weighted by atomic mass is 16.5. The minimum absolute atomic E-state index is 0.0519. The van der Waals surface area contributed by atoms with Crippen LogP contribution in [0.1, 0.15) is 27.8 Å². The zero-order valence-corrected chi connectivity index (χ0v) is 40.2. The van der Waals surface area contributed by atoms with Gasteiger partial charge in [0, 0.05) is 67.1 Å². The fourth-order valence-electron chi connectivity index (χ4n) is 13.4. The average Bonchev–Trinajstić information content (AvgIpc) is 3.88. The van der Waals surface area contributed by atoms with E-state index in [1.54, 1.807) is 0 Å². The number of aromatic nitrogens is 2. The van der Waals surface area contributed by atoms with Crippen molar-refractivity contribution < 1.29 is 4.74 Å². The number of fused-ring (bicyclic) bond motifs is 14. The monoisotopic (exact) mass is 905 g/mol. The van der Waals surface area contributed by atoms with Crippen LogP contribution in [0.25, 0.3) is 77.2 Å². The molecule has 4 aliphatic heterocycles. The summed E-state index contributed by atoms with van der Waals surface area (Å²) in [5.74, 6) is 1.82. The molecular formula is C65H45B2N3O. The Balaban J connectivity index is 1.05. The first-order valence-corrected chi connectivity index (χ1v) is 25.0. The summed E-state index contributed by atoms with van der Waals surface area (Å²) in [4.78, 5) is 2.54. The molecule has 0 fully saturated rings. The molecule has 0 saturated carbocycles. The van der Waals surface area contributed by atoms with E-state index in [0.717, 1.165) is 28.4 Å². The number of rotatable bonds is 3. The molecule has 4 nitrogen and oxygen atoms in total. The van der Waals surface area contributed by atoms with Gasteiger partial charge in [-0.2, -0.15) is 0 Å². The van der Waals surface area contributed by atoms with Gasteiger partial charge in [0.05, 0.1) is 11.0 Å². The lowest BCUT2D eigenvalue weighted by Gasteiger charge is -2.42. The molecule has 6 heteroatoms. The first kappa shape index (κ1) is 39.4. The standard InChI is InChI=1S/C65H45B2N3O/c1-36-16-20-45(21-17-36)68-56-35-60-51(67-53-29-40(5)27-49-47-25-38(3)19-23-55(47)70(65(49)53)59-32-44(33-61(71-60)63(59)67)42-14-10-7-11-15-42)34-50(56)66-52-28-39(4)26-48-46-24-37(2)18-22-54(46)69(64(48)52)58-31-43(30-57(68)62(58)66)41-12-8-6-9-13-41/h6-35H,1-5H3. The van der Waals surface area contributed by atoms with E-state index in [1.165, 1.54) is 138 Å². The molecule has 2 aromatic heterocycles. The molecule has 0 spiro atoms. The Hall–Kier alpha value is -8.47. The Labute approximate surface area is 413 Å². The van der Waals surface area contributed by atoms with Crippen LogP contribution in [0.4, 0.5) is 17.1 Å². The van der Waals surface area contributed by atoms with E-state index in [2.05, 4.69) is 231 Å². The third-order valence-corrected chi connectivity index (χ3v) is 16.3. The van der Waals surface area contributed by atoms with E-state index >= 15 is 0 Å². The van der Waals surface area contributed by atoms with E-state index < -0.39 is 0 Å². The van der Waals surface area contributed by atoms with Gasteiger partial charge >= 0.3 is 0 Å². The number of hydrogen-bond donors (Lipinski definition) is 0. The highest BCUT2D eigenvalue weighted by Crippen LogP contribution is 2.46. The lowest BCUT2D eigenvalue weighted by Crippen LogP contribution is -2.63. The molecule has 71 heavy (non-hydrogen) atoms. The first-order chi connectivity index (χ1) is 34.7. The molecule has 0 radical (unpaired) electrons. The molecule has 6 heterocycles. The van der Waals surface area contributed by atoms with Gasteiger partial charge in [0.25, 0.3) is 13.4 Å². The third-order valence-electron chi connectivity index (χ3n) is 16.3. The predicted molar refractivity (Wildman–Crippen MR) is 300 cm³/mol. The van der Waals surface area contributed by atoms with Crippen LogP contribution in [0.15, 0.2) is 182 Å². The molecule has 0 saturated heterocycles. The first-order valence-electron chi connectivity index (χ1n) is 25.0. The molecule has 0 bridgehead atoms. The number of hydrogen-bond acceptors (Lipinski definition) is 2. The van der Waals surface area contributed by atoms with Gasteiger partial charge in [-0.1, -0.05) is 131 Å². The summed E-state index contributed by atoms with van der Waals surface area (Å²) in [5.41, 5.74) is 29.7. The van der Waals surface area contributed by atoms with Crippen molar-refractivity contribution in [3.05, 3.63) is 210 Å². The van der Waals surface area contributed by atoms with Crippen molar-refractivity contribution in [3.8, 4) is 45.1 Å². The molecule has 0 aliphatic carbocycles. The van der Waals surface area contributed by atoms with Crippen LogP contribution in [0.5, 0.6) is 11.5 Å². The number of nitrogens with zero attached hydrogens (tertiary/aromatic N) is 3. The lowest BCUT2D eigenvalue weighted by atomic mass is 9.31. The van der Waals surface area contributed by atoms with Gasteiger partial charge in [0.2, 0.25) is 0 Å². The Kier molecular flexibility index (Phi) is 7.69. The lowest BCUT2D eigenvalue weighted by molar-refractivity contribution is 0.487. The maximum atomic E-state index is 7.53. The average molecular weight is 906 g/mol. The SMILES string of the molecule is Cc1ccc(N2c3cc4c(cc3B3c5c2cc(-c2ccccc2)cc5-n2c5ccc(C)cc5c5cc(C)cc3c52)B2c3c(cc(-c5ccccc5)cc3-n3c5ccc(C)cc5c5cc(C)cc2c53)O4)cc1. The Bertz CT molecular complexity index is 4380. The van der Waals surface area contributed by atoms with Crippen molar-refractivity contribution in [1.82, 2.24) is 9.13 Å². The molecule has 16 rings (SSSR count). The van der Waals surface area contributed by atoms with E-state index in [4.69, 9.17) is 4.74 Å². The minimum Gasteiger partial charge on any atom is -0.458 e. The van der Waals surface area contributed by atoms with E-state index in [-0.39, 0.29) is 13.4 Å². The van der Waals surface area contributed by atoms with Crippen molar-refractivity contribution in [2.75, 3.05) is 4.90 Å². The van der Waals surface area contributed by atoms with Crippen LogP contribution in [-0.2, 0) is 0 Å². The van der Waals surface area contributed by atoms with Gasteiger partial charge in [0.15, 0.2) is 0 Å². The number of aryl methyl sites for hydroxylation is 5. The summed E-state index contributed by atoms with van der Waals surface area (Å²) in [7, 11) is 0. The predicted octanol–water partition coefficient (Wildman–Crippen LogP) is 12.3. The molecule has 10 aromatic carbocycles. The Morgan fingerprint density at radius 1 is 0.338 bits per heavy atom. The summed E-state index contributed by atoms with van der Waals surface area (Å²) >= 11 is 0. The normalized spacial score (nSPS) is 13.5.